The summed E-state index contributed by atoms with van der Waals surface area (Å²) in [4.78, 5) is 24.9. The van der Waals surface area contributed by atoms with Crippen LogP contribution >= 0.6 is 0 Å². The molecule has 0 N–H and O–H groups in total. The monoisotopic (exact) mass is 231 g/mol. The summed E-state index contributed by atoms with van der Waals surface area (Å²) in [5.41, 5.74) is 1.60. The van der Waals surface area contributed by atoms with Crippen LogP contribution in [0.25, 0.3) is 0 Å². The number of benzene rings is 1. The summed E-state index contributed by atoms with van der Waals surface area (Å²) in [5.74, 6) is 0.247. The first kappa shape index (κ1) is 11.8. The van der Waals surface area contributed by atoms with Crippen LogP contribution in [0.2, 0.25) is 0 Å². The van der Waals surface area contributed by atoms with Crippen molar-refractivity contribution in [2.45, 2.75) is 32.6 Å². The van der Waals surface area contributed by atoms with Gasteiger partial charge in [0.2, 0.25) is 5.91 Å². The van der Waals surface area contributed by atoms with Gasteiger partial charge in [-0.25, -0.2) is 0 Å². The van der Waals surface area contributed by atoms with E-state index in [1.165, 1.54) is 0 Å². The first-order valence-corrected chi connectivity index (χ1v) is 6.10. The van der Waals surface area contributed by atoms with Crippen molar-refractivity contribution in [1.29, 1.82) is 0 Å². The first-order chi connectivity index (χ1) is 8.18. The fourth-order valence-electron chi connectivity index (χ4n) is 2.13. The van der Waals surface area contributed by atoms with Gasteiger partial charge in [-0.1, -0.05) is 6.42 Å². The average Bonchev–Trinajstić information content (AvgIpc) is 2.54. The van der Waals surface area contributed by atoms with E-state index in [0.29, 0.717) is 12.0 Å². The number of ketones is 1. The highest BCUT2D eigenvalue weighted by atomic mass is 16.2. The Morgan fingerprint density at radius 1 is 1.12 bits per heavy atom. The molecule has 1 amide bonds. The minimum atomic E-state index is 0.0544. The van der Waals surface area contributed by atoms with Crippen molar-refractivity contribution < 1.29 is 9.59 Å². The Kier molecular flexibility index (Phi) is 3.57. The molecule has 1 heterocycles. The molecule has 3 nitrogen and oxygen atoms in total. The molecule has 0 radical (unpaired) electrons. The lowest BCUT2D eigenvalue weighted by Crippen LogP contribution is -2.29. The zero-order valence-electron chi connectivity index (χ0n) is 10.1. The van der Waals surface area contributed by atoms with Crippen LogP contribution < -0.4 is 4.90 Å². The molecule has 1 aromatic carbocycles. The molecule has 17 heavy (non-hydrogen) atoms. The topological polar surface area (TPSA) is 37.4 Å². The van der Waals surface area contributed by atoms with E-state index in [9.17, 15) is 9.59 Å². The molecule has 2 rings (SSSR count). The third-order valence-electron chi connectivity index (χ3n) is 3.16. The second-order valence-corrected chi connectivity index (χ2v) is 4.46. The average molecular weight is 231 g/mol. The van der Waals surface area contributed by atoms with Crippen LogP contribution in [0.4, 0.5) is 5.69 Å². The van der Waals surface area contributed by atoms with E-state index >= 15 is 0 Å². The highest BCUT2D eigenvalue weighted by molar-refractivity contribution is 5.96. The van der Waals surface area contributed by atoms with E-state index in [-0.39, 0.29) is 11.7 Å². The Labute approximate surface area is 101 Å². The minimum Gasteiger partial charge on any atom is -0.312 e. The van der Waals surface area contributed by atoms with Crippen molar-refractivity contribution in [3.05, 3.63) is 29.8 Å². The van der Waals surface area contributed by atoms with Gasteiger partial charge in [-0.15, -0.1) is 0 Å². The largest absolute Gasteiger partial charge is 0.312 e. The number of anilines is 1. The Morgan fingerprint density at radius 2 is 1.82 bits per heavy atom. The van der Waals surface area contributed by atoms with Gasteiger partial charge in [0.15, 0.2) is 5.78 Å². The van der Waals surface area contributed by atoms with Crippen molar-refractivity contribution in [1.82, 2.24) is 0 Å². The third kappa shape index (κ3) is 2.73. The molecule has 0 bridgehead atoms. The normalized spacial score (nSPS) is 16.8. The molecule has 0 aromatic heterocycles. The lowest BCUT2D eigenvalue weighted by Gasteiger charge is -2.20. The molecule has 1 aliphatic heterocycles. The van der Waals surface area contributed by atoms with Crippen LogP contribution in [0, 0.1) is 0 Å². The van der Waals surface area contributed by atoms with Gasteiger partial charge in [0.25, 0.3) is 0 Å². The molecule has 90 valence electrons. The van der Waals surface area contributed by atoms with Gasteiger partial charge in [-0.3, -0.25) is 9.59 Å². The van der Waals surface area contributed by atoms with Crippen molar-refractivity contribution in [2.75, 3.05) is 11.4 Å². The van der Waals surface area contributed by atoms with Crippen molar-refractivity contribution in [2.24, 2.45) is 0 Å². The van der Waals surface area contributed by atoms with Crippen LogP contribution in [0.15, 0.2) is 24.3 Å². The number of Topliss-reactive ketones (excluding diaryl/α,β-unsaturated/α-hetero) is 1. The molecular weight excluding hydrogens is 214 g/mol. The van der Waals surface area contributed by atoms with E-state index in [4.69, 9.17) is 0 Å². The summed E-state index contributed by atoms with van der Waals surface area (Å²) >= 11 is 0. The van der Waals surface area contributed by atoms with E-state index in [2.05, 4.69) is 0 Å². The Hall–Kier alpha value is -1.64. The van der Waals surface area contributed by atoms with E-state index in [0.717, 1.165) is 31.5 Å². The van der Waals surface area contributed by atoms with Gasteiger partial charge < -0.3 is 4.90 Å². The minimum absolute atomic E-state index is 0.0544. The third-order valence-corrected chi connectivity index (χ3v) is 3.16. The molecule has 1 aromatic rings. The zero-order valence-corrected chi connectivity index (χ0v) is 10.1. The maximum absolute atomic E-state index is 11.9. The van der Waals surface area contributed by atoms with E-state index in [1.807, 2.05) is 17.0 Å². The molecule has 0 aliphatic carbocycles. The SMILES string of the molecule is CC(=O)c1ccc(N2CCCCCC2=O)cc1. The molecule has 0 saturated carbocycles. The fourth-order valence-corrected chi connectivity index (χ4v) is 2.13. The van der Waals surface area contributed by atoms with Crippen LogP contribution in [0.3, 0.4) is 0 Å². The summed E-state index contributed by atoms with van der Waals surface area (Å²) < 4.78 is 0. The molecule has 0 atom stereocenters. The second kappa shape index (κ2) is 5.13. The van der Waals surface area contributed by atoms with Gasteiger partial charge in [-0.2, -0.15) is 0 Å². The molecule has 3 heteroatoms. The van der Waals surface area contributed by atoms with Crippen LogP contribution in [-0.2, 0) is 4.79 Å². The van der Waals surface area contributed by atoms with Crippen molar-refractivity contribution in [3.8, 4) is 0 Å². The highest BCUT2D eigenvalue weighted by Gasteiger charge is 2.17. The van der Waals surface area contributed by atoms with Crippen molar-refractivity contribution >= 4 is 17.4 Å². The standard InChI is InChI=1S/C14H17NO2/c1-11(16)12-6-8-13(9-7-12)15-10-4-2-3-5-14(15)17/h6-9H,2-5,10H2,1H3. The molecule has 0 spiro atoms. The number of carbonyl (C=O) groups excluding carboxylic acids is 2. The molecule has 1 saturated heterocycles. The quantitative estimate of drug-likeness (QED) is 0.734. The van der Waals surface area contributed by atoms with Crippen LogP contribution in [0.1, 0.15) is 43.0 Å². The summed E-state index contributed by atoms with van der Waals surface area (Å²) in [6.45, 7) is 2.34. The predicted molar refractivity (Wildman–Crippen MR) is 67.3 cm³/mol. The molecule has 1 fully saturated rings. The van der Waals surface area contributed by atoms with Crippen molar-refractivity contribution in [3.63, 3.8) is 0 Å². The smallest absolute Gasteiger partial charge is 0.226 e. The van der Waals surface area contributed by atoms with Crippen LogP contribution in [0.5, 0.6) is 0 Å². The van der Waals surface area contributed by atoms with Gasteiger partial charge in [0, 0.05) is 24.2 Å². The Balaban J connectivity index is 2.20. The second-order valence-electron chi connectivity index (χ2n) is 4.46. The fraction of sp³-hybridized carbons (Fsp3) is 0.429. The van der Waals surface area contributed by atoms with Gasteiger partial charge in [-0.05, 0) is 44.0 Å². The number of hydrogen-bond acceptors (Lipinski definition) is 2. The molecule has 0 unspecified atom stereocenters. The summed E-state index contributed by atoms with van der Waals surface area (Å²) in [6.07, 6.45) is 3.79. The van der Waals surface area contributed by atoms with E-state index < -0.39 is 0 Å². The number of rotatable bonds is 2. The lowest BCUT2D eigenvalue weighted by atomic mass is 10.1. The summed E-state index contributed by atoms with van der Waals surface area (Å²) in [5, 5.41) is 0. The summed E-state index contributed by atoms with van der Waals surface area (Å²) in [7, 11) is 0. The maximum Gasteiger partial charge on any atom is 0.226 e. The maximum atomic E-state index is 11.9. The molecule has 1 aliphatic rings. The number of amides is 1. The van der Waals surface area contributed by atoms with E-state index in [1.54, 1.807) is 19.1 Å². The Bertz CT molecular complexity index is 422. The first-order valence-electron chi connectivity index (χ1n) is 6.10. The predicted octanol–water partition coefficient (Wildman–Crippen LogP) is 2.80. The highest BCUT2D eigenvalue weighted by Crippen LogP contribution is 2.21. The number of hydrogen-bond donors (Lipinski definition) is 0. The zero-order chi connectivity index (χ0) is 12.3. The van der Waals surface area contributed by atoms with Gasteiger partial charge in [0.05, 0.1) is 0 Å². The van der Waals surface area contributed by atoms with Gasteiger partial charge >= 0.3 is 0 Å². The van der Waals surface area contributed by atoms with Gasteiger partial charge in [0.1, 0.15) is 0 Å². The number of nitrogens with zero attached hydrogens (tertiary/aromatic N) is 1. The Morgan fingerprint density at radius 3 is 2.47 bits per heavy atom. The number of carbonyl (C=O) groups is 2. The lowest BCUT2D eigenvalue weighted by molar-refractivity contribution is -0.118. The molecular formula is C14H17NO2. The summed E-state index contributed by atoms with van der Waals surface area (Å²) in [6, 6.07) is 7.30. The van der Waals surface area contributed by atoms with Crippen LogP contribution in [-0.4, -0.2) is 18.2 Å².